The van der Waals surface area contributed by atoms with Crippen molar-refractivity contribution in [3.05, 3.63) is 0 Å². The molecule has 17 heavy (non-hydrogen) atoms. The van der Waals surface area contributed by atoms with Gasteiger partial charge in [-0.25, -0.2) is 13.2 Å². The van der Waals surface area contributed by atoms with Gasteiger partial charge >= 0.3 is 6.03 Å². The van der Waals surface area contributed by atoms with Crippen LogP contribution < -0.4 is 5.32 Å². The lowest BCUT2D eigenvalue weighted by Gasteiger charge is -2.19. The highest BCUT2D eigenvalue weighted by Crippen LogP contribution is 2.23. The van der Waals surface area contributed by atoms with Crippen LogP contribution in [0, 0.1) is 5.92 Å². The minimum absolute atomic E-state index is 0.00876. The van der Waals surface area contributed by atoms with Gasteiger partial charge in [-0.05, 0) is 12.3 Å². The van der Waals surface area contributed by atoms with Crippen molar-refractivity contribution in [2.45, 2.75) is 32.4 Å². The molecule has 96 valence electrons. The highest BCUT2D eigenvalue weighted by molar-refractivity contribution is 7.91. The molecule has 0 radical (unpaired) electrons. The summed E-state index contributed by atoms with van der Waals surface area (Å²) in [4.78, 5) is 24.8. The molecule has 0 spiro atoms. The topological polar surface area (TPSA) is 83.6 Å². The first kappa shape index (κ1) is 12.3. The third-order valence-corrected chi connectivity index (χ3v) is 4.99. The van der Waals surface area contributed by atoms with Crippen LogP contribution in [0.4, 0.5) is 4.79 Å². The van der Waals surface area contributed by atoms with Gasteiger partial charge in [-0.2, -0.15) is 0 Å². The van der Waals surface area contributed by atoms with Gasteiger partial charge in [0.1, 0.15) is 6.04 Å². The molecule has 2 aliphatic heterocycles. The molecule has 0 aromatic heterocycles. The molecule has 0 aromatic carbocycles. The Morgan fingerprint density at radius 2 is 2.00 bits per heavy atom. The largest absolute Gasteiger partial charge is 0.326 e. The molecule has 7 heteroatoms. The SMILES string of the molecule is CC(C)[C@@H]1NC(=O)N(C2CCS(=O)(=O)C2)C1=O. The maximum absolute atomic E-state index is 12.0. The first-order valence-corrected chi connectivity index (χ1v) is 7.48. The molecule has 0 saturated carbocycles. The van der Waals surface area contributed by atoms with E-state index in [9.17, 15) is 18.0 Å². The van der Waals surface area contributed by atoms with Gasteiger partial charge in [0.15, 0.2) is 9.84 Å². The number of urea groups is 1. The Morgan fingerprint density at radius 3 is 2.41 bits per heavy atom. The van der Waals surface area contributed by atoms with Crippen LogP contribution in [-0.4, -0.2) is 48.8 Å². The van der Waals surface area contributed by atoms with Crippen LogP contribution in [0.15, 0.2) is 0 Å². The third-order valence-electron chi connectivity index (χ3n) is 3.24. The Morgan fingerprint density at radius 1 is 1.35 bits per heavy atom. The summed E-state index contributed by atoms with van der Waals surface area (Å²) in [6.07, 6.45) is 0.353. The molecule has 1 N–H and O–H groups in total. The van der Waals surface area contributed by atoms with Gasteiger partial charge in [0.05, 0.1) is 17.5 Å². The molecule has 0 aromatic rings. The summed E-state index contributed by atoms with van der Waals surface area (Å²) in [5.74, 6) is -0.334. The van der Waals surface area contributed by atoms with E-state index in [-0.39, 0.29) is 23.3 Å². The summed E-state index contributed by atoms with van der Waals surface area (Å²) in [6.45, 7) is 3.69. The third kappa shape index (κ3) is 2.15. The van der Waals surface area contributed by atoms with Crippen LogP contribution >= 0.6 is 0 Å². The Balaban J connectivity index is 2.18. The van der Waals surface area contributed by atoms with Crippen LogP contribution in [0.5, 0.6) is 0 Å². The predicted octanol–water partition coefficient (Wildman–Crippen LogP) is -0.250. The summed E-state index contributed by atoms with van der Waals surface area (Å²) < 4.78 is 22.7. The lowest BCUT2D eigenvalue weighted by Crippen LogP contribution is -2.42. The Bertz CT molecular complexity index is 457. The second-order valence-corrected chi connectivity index (χ2v) is 7.16. The number of imide groups is 1. The fourth-order valence-corrected chi connectivity index (χ4v) is 3.99. The van der Waals surface area contributed by atoms with E-state index >= 15 is 0 Å². The second-order valence-electron chi connectivity index (χ2n) is 4.94. The summed E-state index contributed by atoms with van der Waals surface area (Å²) in [6, 6.07) is -1.47. The quantitative estimate of drug-likeness (QED) is 0.694. The number of rotatable bonds is 2. The van der Waals surface area contributed by atoms with Crippen LogP contribution in [-0.2, 0) is 14.6 Å². The van der Waals surface area contributed by atoms with E-state index < -0.39 is 28.0 Å². The Kier molecular flexibility index (Phi) is 2.89. The zero-order chi connectivity index (χ0) is 12.8. The number of carbonyl (C=O) groups excluding carboxylic acids is 2. The number of hydrogen-bond acceptors (Lipinski definition) is 4. The molecule has 0 aliphatic carbocycles. The molecule has 2 saturated heterocycles. The van der Waals surface area contributed by atoms with Gasteiger partial charge in [-0.1, -0.05) is 13.8 Å². The number of nitrogens with one attached hydrogen (secondary N) is 1. The summed E-state index contributed by atoms with van der Waals surface area (Å²) in [5.41, 5.74) is 0. The molecule has 2 rings (SSSR count). The zero-order valence-electron chi connectivity index (χ0n) is 9.84. The van der Waals surface area contributed by atoms with Gasteiger partial charge in [0.2, 0.25) is 0 Å². The van der Waals surface area contributed by atoms with E-state index in [0.717, 1.165) is 4.90 Å². The summed E-state index contributed by atoms with van der Waals surface area (Å²) in [5, 5.41) is 2.60. The van der Waals surface area contributed by atoms with Gasteiger partial charge < -0.3 is 5.32 Å². The lowest BCUT2D eigenvalue weighted by atomic mass is 10.0. The van der Waals surface area contributed by atoms with E-state index in [4.69, 9.17) is 0 Å². The number of sulfone groups is 1. The second kappa shape index (κ2) is 3.97. The van der Waals surface area contributed by atoms with Crippen LogP contribution in [0.3, 0.4) is 0 Å². The van der Waals surface area contributed by atoms with Gasteiger partial charge in [0, 0.05) is 0 Å². The number of nitrogens with zero attached hydrogens (tertiary/aromatic N) is 1. The highest BCUT2D eigenvalue weighted by atomic mass is 32.2. The van der Waals surface area contributed by atoms with E-state index in [1.807, 2.05) is 13.8 Å². The smallest absolute Gasteiger partial charge is 0.325 e. The molecule has 6 nitrogen and oxygen atoms in total. The normalized spacial score (nSPS) is 32.3. The van der Waals surface area contributed by atoms with Gasteiger partial charge in [-0.3, -0.25) is 9.69 Å². The monoisotopic (exact) mass is 260 g/mol. The molecule has 3 amide bonds. The van der Waals surface area contributed by atoms with Crippen molar-refractivity contribution in [2.75, 3.05) is 11.5 Å². The average molecular weight is 260 g/mol. The summed E-state index contributed by atoms with van der Waals surface area (Å²) >= 11 is 0. The molecule has 2 aliphatic rings. The van der Waals surface area contributed by atoms with Crippen molar-refractivity contribution in [3.8, 4) is 0 Å². The van der Waals surface area contributed by atoms with Crippen LogP contribution in [0.1, 0.15) is 20.3 Å². The maximum Gasteiger partial charge on any atom is 0.325 e. The summed E-state index contributed by atoms with van der Waals surface area (Å²) in [7, 11) is -3.09. The van der Waals surface area contributed by atoms with Crippen molar-refractivity contribution in [1.82, 2.24) is 10.2 Å². The van der Waals surface area contributed by atoms with Crippen molar-refractivity contribution in [2.24, 2.45) is 5.92 Å². The molecule has 1 unspecified atom stereocenters. The van der Waals surface area contributed by atoms with Gasteiger partial charge in [-0.15, -0.1) is 0 Å². The maximum atomic E-state index is 12.0. The van der Waals surface area contributed by atoms with Crippen molar-refractivity contribution in [1.29, 1.82) is 0 Å². The van der Waals surface area contributed by atoms with Crippen LogP contribution in [0.25, 0.3) is 0 Å². The molecular weight excluding hydrogens is 244 g/mol. The minimum Gasteiger partial charge on any atom is -0.326 e. The van der Waals surface area contributed by atoms with E-state index in [0.29, 0.717) is 6.42 Å². The molecule has 0 bridgehead atoms. The first-order valence-electron chi connectivity index (χ1n) is 5.66. The lowest BCUT2D eigenvalue weighted by molar-refractivity contribution is -0.129. The average Bonchev–Trinajstić information content (AvgIpc) is 2.67. The van der Waals surface area contributed by atoms with Crippen molar-refractivity contribution < 1.29 is 18.0 Å². The van der Waals surface area contributed by atoms with E-state index in [1.54, 1.807) is 0 Å². The molecule has 2 fully saturated rings. The molecular formula is C10H16N2O4S. The first-order chi connectivity index (χ1) is 7.82. The molecule has 2 heterocycles. The molecule has 2 atom stereocenters. The standard InChI is InChI=1S/C10H16N2O4S/c1-6(2)8-9(13)12(10(14)11-8)7-3-4-17(15,16)5-7/h6-8H,3-5H2,1-2H3,(H,11,14)/t7?,8-/m0/s1. The number of amides is 3. The van der Waals surface area contributed by atoms with E-state index in [1.165, 1.54) is 0 Å². The van der Waals surface area contributed by atoms with Crippen molar-refractivity contribution in [3.63, 3.8) is 0 Å². The predicted molar refractivity (Wildman–Crippen MR) is 61.1 cm³/mol. The minimum atomic E-state index is -3.09. The fourth-order valence-electron chi connectivity index (χ4n) is 2.29. The number of carbonyl (C=O) groups is 2. The highest BCUT2D eigenvalue weighted by Gasteiger charge is 2.46. The Hall–Kier alpha value is -1.11. The van der Waals surface area contributed by atoms with E-state index in [2.05, 4.69) is 5.32 Å². The fraction of sp³-hybridized carbons (Fsp3) is 0.800. The van der Waals surface area contributed by atoms with Crippen LogP contribution in [0.2, 0.25) is 0 Å². The Labute approximate surface area is 100 Å². The zero-order valence-corrected chi connectivity index (χ0v) is 10.7. The van der Waals surface area contributed by atoms with Crippen molar-refractivity contribution >= 4 is 21.8 Å². The van der Waals surface area contributed by atoms with Gasteiger partial charge in [0.25, 0.3) is 5.91 Å². The number of hydrogen-bond donors (Lipinski definition) is 1.